The summed E-state index contributed by atoms with van der Waals surface area (Å²) >= 11 is 0. The summed E-state index contributed by atoms with van der Waals surface area (Å²) in [7, 11) is 0. The van der Waals surface area contributed by atoms with Crippen LogP contribution in [-0.4, -0.2) is 45.6 Å². The molecule has 0 aromatic carbocycles. The number of hydrogen-bond acceptors (Lipinski definition) is 4. The van der Waals surface area contributed by atoms with Crippen LogP contribution >= 0.6 is 0 Å². The van der Waals surface area contributed by atoms with Crippen LogP contribution in [0.25, 0.3) is 0 Å². The lowest BCUT2D eigenvalue weighted by Crippen LogP contribution is -2.44. The SMILES string of the molecule is CC1C(C(=O)O)=CC=CC1(C(=O)O)C1C=C(CO)CC1.CCCO. The normalized spacial score (nSPS) is 28.5. The van der Waals surface area contributed by atoms with Crippen molar-refractivity contribution in [2.75, 3.05) is 13.2 Å². The molecule has 0 saturated heterocycles. The first-order valence-electron chi connectivity index (χ1n) is 8.12. The Bertz CT molecular complexity index is 558. The second-order valence-corrected chi connectivity index (χ2v) is 6.10. The van der Waals surface area contributed by atoms with Crippen LogP contribution in [0.3, 0.4) is 0 Å². The molecule has 0 bridgehead atoms. The number of carboxylic acids is 2. The van der Waals surface area contributed by atoms with Gasteiger partial charge in [0.25, 0.3) is 0 Å². The van der Waals surface area contributed by atoms with E-state index in [-0.39, 0.29) is 18.1 Å². The molecule has 0 aromatic heterocycles. The summed E-state index contributed by atoms with van der Waals surface area (Å²) in [6.45, 7) is 3.81. The van der Waals surface area contributed by atoms with Gasteiger partial charge < -0.3 is 20.4 Å². The predicted molar refractivity (Wildman–Crippen MR) is 89.4 cm³/mol. The minimum atomic E-state index is -1.25. The summed E-state index contributed by atoms with van der Waals surface area (Å²) in [4.78, 5) is 23.1. The summed E-state index contributed by atoms with van der Waals surface area (Å²) < 4.78 is 0. The molecule has 0 spiro atoms. The quantitative estimate of drug-likeness (QED) is 0.570. The Morgan fingerprint density at radius 3 is 2.33 bits per heavy atom. The first-order valence-corrected chi connectivity index (χ1v) is 8.12. The number of rotatable bonds is 5. The van der Waals surface area contributed by atoms with Crippen LogP contribution < -0.4 is 0 Å². The van der Waals surface area contributed by atoms with E-state index in [1.54, 1.807) is 19.1 Å². The summed E-state index contributed by atoms with van der Waals surface area (Å²) in [5.74, 6) is -3.02. The van der Waals surface area contributed by atoms with Crippen molar-refractivity contribution < 1.29 is 30.0 Å². The lowest BCUT2D eigenvalue weighted by molar-refractivity contribution is -0.151. The van der Waals surface area contributed by atoms with Gasteiger partial charge in [-0.3, -0.25) is 4.79 Å². The molecule has 0 radical (unpaired) electrons. The van der Waals surface area contributed by atoms with Crippen molar-refractivity contribution >= 4 is 11.9 Å². The zero-order valence-corrected chi connectivity index (χ0v) is 14.1. The van der Waals surface area contributed by atoms with Gasteiger partial charge in [0, 0.05) is 18.1 Å². The van der Waals surface area contributed by atoms with Gasteiger partial charge in [0.15, 0.2) is 0 Å². The highest BCUT2D eigenvalue weighted by atomic mass is 16.4. The molecule has 0 saturated carbocycles. The van der Waals surface area contributed by atoms with E-state index in [0.29, 0.717) is 19.4 Å². The lowest BCUT2D eigenvalue weighted by atomic mass is 9.62. The zero-order chi connectivity index (χ0) is 18.3. The first kappa shape index (κ1) is 20.1. The Kier molecular flexibility index (Phi) is 7.38. The van der Waals surface area contributed by atoms with E-state index in [2.05, 4.69) is 0 Å². The number of aliphatic carboxylic acids is 2. The molecular formula is C18H26O6. The minimum Gasteiger partial charge on any atom is -0.481 e. The van der Waals surface area contributed by atoms with Gasteiger partial charge in [-0.15, -0.1) is 0 Å². The molecule has 0 fully saturated rings. The third-order valence-electron chi connectivity index (χ3n) is 4.70. The predicted octanol–water partition coefficient (Wildman–Crippen LogP) is 1.99. The summed E-state index contributed by atoms with van der Waals surface area (Å²) in [6.07, 6.45) is 8.50. The monoisotopic (exact) mass is 338 g/mol. The van der Waals surface area contributed by atoms with Crippen LogP contribution in [0, 0.1) is 17.3 Å². The second-order valence-electron chi connectivity index (χ2n) is 6.10. The maximum absolute atomic E-state index is 11.9. The standard InChI is InChI=1S/C15H18O5.C3H8O/c1-9-12(13(17)18)3-2-6-15(9,14(19)20)11-5-4-10(7-11)8-16;1-2-3-4/h2-3,6-7,9,11,16H,4-5,8H2,1H3,(H,17,18)(H,19,20);4H,2-3H2,1H3. The number of carbonyl (C=O) groups is 2. The molecule has 0 aliphatic heterocycles. The van der Waals surface area contributed by atoms with Gasteiger partial charge in [0.05, 0.1) is 12.0 Å². The average molecular weight is 338 g/mol. The molecule has 2 rings (SSSR count). The van der Waals surface area contributed by atoms with Crippen molar-refractivity contribution in [3.05, 3.63) is 35.5 Å². The Hall–Kier alpha value is -1.92. The Morgan fingerprint density at radius 2 is 1.92 bits per heavy atom. The lowest BCUT2D eigenvalue weighted by Gasteiger charge is -2.39. The summed E-state index contributed by atoms with van der Waals surface area (Å²) in [5.41, 5.74) is -0.317. The molecule has 3 unspecified atom stereocenters. The van der Waals surface area contributed by atoms with Gasteiger partial charge in [-0.2, -0.15) is 0 Å². The van der Waals surface area contributed by atoms with Crippen LogP contribution in [0.1, 0.15) is 33.1 Å². The van der Waals surface area contributed by atoms with Crippen molar-refractivity contribution in [1.82, 2.24) is 0 Å². The Labute approximate surface area is 141 Å². The van der Waals surface area contributed by atoms with Crippen molar-refractivity contribution in [3.63, 3.8) is 0 Å². The molecule has 2 aliphatic rings. The Balaban J connectivity index is 0.000000648. The number of aliphatic hydroxyl groups excluding tert-OH is 2. The van der Waals surface area contributed by atoms with Crippen molar-refractivity contribution in [3.8, 4) is 0 Å². The number of aliphatic hydroxyl groups is 2. The van der Waals surface area contributed by atoms with Gasteiger partial charge in [-0.25, -0.2) is 4.79 Å². The largest absolute Gasteiger partial charge is 0.481 e. The van der Waals surface area contributed by atoms with Gasteiger partial charge in [0.1, 0.15) is 0 Å². The molecule has 0 aromatic rings. The van der Waals surface area contributed by atoms with E-state index in [1.165, 1.54) is 12.2 Å². The zero-order valence-electron chi connectivity index (χ0n) is 14.1. The fourth-order valence-corrected chi connectivity index (χ4v) is 3.27. The molecule has 2 aliphatic carbocycles. The highest BCUT2D eigenvalue weighted by Gasteiger charge is 2.51. The van der Waals surface area contributed by atoms with E-state index in [9.17, 15) is 24.9 Å². The van der Waals surface area contributed by atoms with Gasteiger partial charge in [0.2, 0.25) is 0 Å². The molecule has 0 heterocycles. The van der Waals surface area contributed by atoms with Crippen molar-refractivity contribution in [2.45, 2.75) is 33.1 Å². The molecular weight excluding hydrogens is 312 g/mol. The topological polar surface area (TPSA) is 115 Å². The van der Waals surface area contributed by atoms with Gasteiger partial charge >= 0.3 is 11.9 Å². The minimum absolute atomic E-state index is 0.0775. The molecule has 24 heavy (non-hydrogen) atoms. The van der Waals surface area contributed by atoms with Crippen LogP contribution in [0.2, 0.25) is 0 Å². The highest BCUT2D eigenvalue weighted by molar-refractivity contribution is 5.91. The van der Waals surface area contributed by atoms with E-state index < -0.39 is 23.3 Å². The Morgan fingerprint density at radius 1 is 1.29 bits per heavy atom. The first-order chi connectivity index (χ1) is 11.3. The molecule has 4 N–H and O–H groups in total. The molecule has 134 valence electrons. The van der Waals surface area contributed by atoms with Crippen LogP contribution in [0.15, 0.2) is 35.5 Å². The van der Waals surface area contributed by atoms with Crippen LogP contribution in [-0.2, 0) is 9.59 Å². The second kappa shape index (κ2) is 8.80. The molecule has 3 atom stereocenters. The van der Waals surface area contributed by atoms with Gasteiger partial charge in [-0.1, -0.05) is 38.2 Å². The van der Waals surface area contributed by atoms with Crippen molar-refractivity contribution in [1.29, 1.82) is 0 Å². The molecule has 6 heteroatoms. The smallest absolute Gasteiger partial charge is 0.331 e. The van der Waals surface area contributed by atoms with E-state index in [1.807, 2.05) is 6.92 Å². The van der Waals surface area contributed by atoms with Crippen LogP contribution in [0.5, 0.6) is 0 Å². The van der Waals surface area contributed by atoms with Crippen molar-refractivity contribution in [2.24, 2.45) is 17.3 Å². The maximum Gasteiger partial charge on any atom is 0.331 e. The third-order valence-corrected chi connectivity index (χ3v) is 4.70. The summed E-state index contributed by atoms with van der Waals surface area (Å²) in [6, 6.07) is 0. The molecule has 0 amide bonds. The summed E-state index contributed by atoms with van der Waals surface area (Å²) in [5, 5.41) is 36.0. The molecule has 6 nitrogen and oxygen atoms in total. The fraction of sp³-hybridized carbons (Fsp3) is 0.556. The average Bonchev–Trinajstić information content (AvgIpc) is 3.04. The third kappa shape index (κ3) is 3.94. The number of carboxylic acid groups (broad SMARTS) is 2. The number of allylic oxidation sites excluding steroid dienone is 3. The highest BCUT2D eigenvalue weighted by Crippen LogP contribution is 2.49. The number of hydrogen-bond donors (Lipinski definition) is 4. The van der Waals surface area contributed by atoms with E-state index in [0.717, 1.165) is 12.0 Å². The van der Waals surface area contributed by atoms with Gasteiger partial charge in [-0.05, 0) is 30.8 Å². The maximum atomic E-state index is 11.9. The van der Waals surface area contributed by atoms with Crippen LogP contribution in [0.4, 0.5) is 0 Å². The van der Waals surface area contributed by atoms with E-state index in [4.69, 9.17) is 5.11 Å². The fourth-order valence-electron chi connectivity index (χ4n) is 3.27. The van der Waals surface area contributed by atoms with E-state index >= 15 is 0 Å².